The number of pyridine rings is 1. The Morgan fingerprint density at radius 1 is 0.821 bits per heavy atom. The minimum absolute atomic E-state index is 0.316. The van der Waals surface area contributed by atoms with E-state index >= 15 is 0 Å². The molecule has 218 valence electrons. The van der Waals surface area contributed by atoms with Crippen LogP contribution in [-0.4, -0.2) is 30.9 Å². The average molecular weight is 542 g/mol. The summed E-state index contributed by atoms with van der Waals surface area (Å²) in [5.41, 5.74) is 2.64. The highest BCUT2D eigenvalue weighted by molar-refractivity contribution is 6.06. The Morgan fingerprint density at radius 2 is 1.36 bits per heavy atom. The van der Waals surface area contributed by atoms with Crippen molar-refractivity contribution in [2.24, 2.45) is 18.0 Å². The number of ether oxygens (including phenoxy) is 2. The summed E-state index contributed by atoms with van der Waals surface area (Å²) in [4.78, 5) is 31.5. The molecule has 2 rings (SSSR count). The van der Waals surface area contributed by atoms with Gasteiger partial charge in [-0.3, -0.25) is 9.79 Å². The van der Waals surface area contributed by atoms with E-state index in [1.165, 1.54) is 64.2 Å². The number of hydrogen-bond donors (Lipinski definition) is 0. The highest BCUT2D eigenvalue weighted by Crippen LogP contribution is 2.39. The number of carbonyl (C=O) groups excluding carboxylic acids is 2. The molecule has 0 fully saturated rings. The molecule has 0 bridgehead atoms. The van der Waals surface area contributed by atoms with Crippen LogP contribution < -0.4 is 4.57 Å². The van der Waals surface area contributed by atoms with Gasteiger partial charge in [-0.15, -0.1) is 0 Å². The number of aryl methyl sites for hydroxylation is 1. The first-order valence-electron chi connectivity index (χ1n) is 15.5. The number of esters is 2. The number of aromatic nitrogens is 1. The van der Waals surface area contributed by atoms with Gasteiger partial charge in [-0.1, -0.05) is 90.9 Å². The standard InChI is InChI=1S/C33H53N2O4/c1-6-8-10-12-14-16-18-23-38-32(36)29-26(3)34-27(4)30(31(29)28-21-20-22-35(5)25-28)33(37)39-24-19-17-15-13-11-9-7-2/h20-22,25,29,31H,6-19,23-24H2,1-5H3/q+1. The molecule has 2 heterocycles. The molecule has 0 saturated carbocycles. The molecule has 0 spiro atoms. The zero-order valence-electron chi connectivity index (χ0n) is 25.3. The van der Waals surface area contributed by atoms with Gasteiger partial charge in [0.15, 0.2) is 12.4 Å². The molecule has 0 amide bonds. The molecule has 1 aromatic heterocycles. The van der Waals surface area contributed by atoms with E-state index in [4.69, 9.17) is 9.47 Å². The van der Waals surface area contributed by atoms with Crippen molar-refractivity contribution in [3.8, 4) is 0 Å². The summed E-state index contributed by atoms with van der Waals surface area (Å²) in [5, 5.41) is 0. The highest BCUT2D eigenvalue weighted by atomic mass is 16.5. The zero-order chi connectivity index (χ0) is 28.5. The molecule has 0 aliphatic carbocycles. The largest absolute Gasteiger partial charge is 0.465 e. The summed E-state index contributed by atoms with van der Waals surface area (Å²) in [6.45, 7) is 8.91. The number of rotatable bonds is 19. The summed E-state index contributed by atoms with van der Waals surface area (Å²) in [5.74, 6) is -1.83. The maximum atomic E-state index is 13.4. The van der Waals surface area contributed by atoms with Crippen LogP contribution in [-0.2, 0) is 26.1 Å². The van der Waals surface area contributed by atoms with Crippen molar-refractivity contribution in [1.29, 1.82) is 0 Å². The van der Waals surface area contributed by atoms with Gasteiger partial charge in [-0.25, -0.2) is 9.36 Å². The van der Waals surface area contributed by atoms with Crippen molar-refractivity contribution in [3.05, 3.63) is 41.4 Å². The minimum atomic E-state index is -0.651. The van der Waals surface area contributed by atoms with Crippen molar-refractivity contribution in [1.82, 2.24) is 0 Å². The maximum Gasteiger partial charge on any atom is 0.336 e. The summed E-state index contributed by atoms with van der Waals surface area (Å²) >= 11 is 0. The fourth-order valence-electron chi connectivity index (χ4n) is 5.39. The van der Waals surface area contributed by atoms with Crippen molar-refractivity contribution >= 4 is 17.7 Å². The van der Waals surface area contributed by atoms with E-state index in [2.05, 4.69) is 18.8 Å². The number of unbranched alkanes of at least 4 members (excludes halogenated alkanes) is 12. The molecular formula is C33H53N2O4+. The second-order valence-electron chi connectivity index (χ2n) is 11.1. The summed E-state index contributed by atoms with van der Waals surface area (Å²) in [7, 11) is 1.94. The van der Waals surface area contributed by atoms with Crippen LogP contribution in [0.3, 0.4) is 0 Å². The third-order valence-corrected chi connectivity index (χ3v) is 7.60. The molecule has 6 nitrogen and oxygen atoms in total. The van der Waals surface area contributed by atoms with Crippen LogP contribution in [0.4, 0.5) is 0 Å². The second kappa shape index (κ2) is 18.7. The van der Waals surface area contributed by atoms with Gasteiger partial charge in [0.25, 0.3) is 0 Å². The quantitative estimate of drug-likeness (QED) is 0.103. The fraction of sp³-hybridized carbons (Fsp3) is 0.697. The summed E-state index contributed by atoms with van der Waals surface area (Å²) in [6.07, 6.45) is 20.1. The van der Waals surface area contributed by atoms with Gasteiger partial charge in [-0.05, 0) is 32.8 Å². The number of nitrogens with zero attached hydrogens (tertiary/aromatic N) is 2. The normalized spacial score (nSPS) is 17.2. The fourth-order valence-corrected chi connectivity index (χ4v) is 5.39. The van der Waals surface area contributed by atoms with Crippen LogP contribution in [0.15, 0.2) is 40.8 Å². The maximum absolute atomic E-state index is 13.4. The SMILES string of the molecule is CCCCCCCCCOC(=O)C1=C(C)N=C(C)C(C(=O)OCCCCCCCCC)C1c1ccc[n+](C)c1. The molecular weight excluding hydrogens is 488 g/mol. The van der Waals surface area contributed by atoms with Gasteiger partial charge in [0.2, 0.25) is 0 Å². The second-order valence-corrected chi connectivity index (χ2v) is 11.1. The number of allylic oxidation sites excluding steroid dienone is 1. The highest BCUT2D eigenvalue weighted by Gasteiger charge is 2.43. The van der Waals surface area contributed by atoms with Gasteiger partial charge in [0, 0.05) is 29.0 Å². The minimum Gasteiger partial charge on any atom is -0.465 e. The molecule has 2 unspecified atom stereocenters. The van der Waals surface area contributed by atoms with Crippen LogP contribution in [0, 0.1) is 5.92 Å². The van der Waals surface area contributed by atoms with Crippen molar-refractivity contribution < 1.29 is 23.6 Å². The molecule has 6 heteroatoms. The van der Waals surface area contributed by atoms with E-state index in [0.29, 0.717) is 30.2 Å². The van der Waals surface area contributed by atoms with Gasteiger partial charge in [0.05, 0.1) is 18.8 Å². The van der Waals surface area contributed by atoms with E-state index in [1.54, 1.807) is 0 Å². The van der Waals surface area contributed by atoms with Gasteiger partial charge < -0.3 is 9.47 Å². The molecule has 0 saturated heterocycles. The lowest BCUT2D eigenvalue weighted by Gasteiger charge is -2.31. The number of carbonyl (C=O) groups is 2. The van der Waals surface area contributed by atoms with Crippen LogP contribution in [0.5, 0.6) is 0 Å². The Bertz CT molecular complexity index is 953. The Hall–Kier alpha value is -2.50. The third-order valence-electron chi connectivity index (χ3n) is 7.60. The molecule has 0 radical (unpaired) electrons. The van der Waals surface area contributed by atoms with E-state index in [-0.39, 0.29) is 11.9 Å². The summed E-state index contributed by atoms with van der Waals surface area (Å²) < 4.78 is 13.5. The predicted molar refractivity (Wildman–Crippen MR) is 158 cm³/mol. The van der Waals surface area contributed by atoms with Crippen LogP contribution in [0.2, 0.25) is 0 Å². The first-order chi connectivity index (χ1) is 18.9. The average Bonchev–Trinajstić information content (AvgIpc) is 2.91. The first-order valence-corrected chi connectivity index (χ1v) is 15.5. The monoisotopic (exact) mass is 541 g/mol. The third kappa shape index (κ3) is 11.3. The Labute approximate surface area is 237 Å². The van der Waals surface area contributed by atoms with E-state index in [0.717, 1.165) is 31.2 Å². The molecule has 1 aliphatic heterocycles. The van der Waals surface area contributed by atoms with E-state index < -0.39 is 11.8 Å². The first kappa shape index (κ1) is 32.7. The van der Waals surface area contributed by atoms with Gasteiger partial charge in [-0.2, -0.15) is 0 Å². The number of aliphatic imine (C=N–C) groups is 1. The molecule has 1 aliphatic rings. The number of hydrogen-bond acceptors (Lipinski definition) is 5. The van der Waals surface area contributed by atoms with Crippen LogP contribution >= 0.6 is 0 Å². The zero-order valence-corrected chi connectivity index (χ0v) is 25.3. The lowest BCUT2D eigenvalue weighted by molar-refractivity contribution is -0.672. The van der Waals surface area contributed by atoms with Crippen molar-refractivity contribution in [2.75, 3.05) is 13.2 Å². The van der Waals surface area contributed by atoms with Gasteiger partial charge >= 0.3 is 11.9 Å². The molecule has 2 atom stereocenters. The van der Waals surface area contributed by atoms with Crippen molar-refractivity contribution in [3.63, 3.8) is 0 Å². The molecule has 0 N–H and O–H groups in total. The van der Waals surface area contributed by atoms with Crippen LogP contribution in [0.25, 0.3) is 0 Å². The Kier molecular flexibility index (Phi) is 15.7. The van der Waals surface area contributed by atoms with Crippen LogP contribution in [0.1, 0.15) is 129 Å². The van der Waals surface area contributed by atoms with Crippen molar-refractivity contribution in [2.45, 2.75) is 124 Å². The summed E-state index contributed by atoms with van der Waals surface area (Å²) in [6, 6.07) is 3.91. The topological polar surface area (TPSA) is 68.8 Å². The lowest BCUT2D eigenvalue weighted by atomic mass is 9.76. The molecule has 1 aromatic rings. The smallest absolute Gasteiger partial charge is 0.336 e. The lowest BCUT2D eigenvalue weighted by Crippen LogP contribution is -2.38. The van der Waals surface area contributed by atoms with E-state index in [9.17, 15) is 9.59 Å². The molecule has 0 aromatic carbocycles. The van der Waals surface area contributed by atoms with E-state index in [1.807, 2.05) is 50.0 Å². The predicted octanol–water partition coefficient (Wildman–Crippen LogP) is 7.55. The van der Waals surface area contributed by atoms with Gasteiger partial charge in [0.1, 0.15) is 13.0 Å². The Balaban J connectivity index is 2.07. The Morgan fingerprint density at radius 3 is 1.92 bits per heavy atom. The molecule has 39 heavy (non-hydrogen) atoms.